The lowest BCUT2D eigenvalue weighted by Crippen LogP contribution is -1.94. The molecule has 0 aliphatic rings. The Hall–Kier alpha value is -4.79. The Bertz CT molecular complexity index is 1490. The predicted octanol–water partition coefficient (Wildman–Crippen LogP) is 5.79. The summed E-state index contributed by atoms with van der Waals surface area (Å²) in [5.41, 5.74) is 2.41. The predicted molar refractivity (Wildman–Crippen MR) is 118 cm³/mol. The number of benzene rings is 3. The number of aromatic nitrogens is 2. The van der Waals surface area contributed by atoms with Crippen LogP contribution in [-0.4, -0.2) is 19.4 Å². The van der Waals surface area contributed by atoms with Crippen molar-refractivity contribution in [2.45, 2.75) is 0 Å². The van der Waals surface area contributed by atoms with E-state index in [0.29, 0.717) is 11.5 Å². The van der Waals surface area contributed by atoms with Gasteiger partial charge in [-0.15, -0.1) is 0 Å². The zero-order chi connectivity index (χ0) is 22.2. The lowest BCUT2D eigenvalue weighted by molar-refractivity contribution is -0.385. The summed E-state index contributed by atoms with van der Waals surface area (Å²) < 4.78 is 7.98. The summed E-state index contributed by atoms with van der Waals surface area (Å²) in [6.07, 6.45) is 3.52. The van der Waals surface area contributed by atoms with Gasteiger partial charge in [0, 0.05) is 47.7 Å². The zero-order valence-electron chi connectivity index (χ0n) is 16.4. The third kappa shape index (κ3) is 3.27. The number of nitro benzene ring substituents is 2. The molecule has 0 amide bonds. The minimum Gasteiger partial charge on any atom is -0.457 e. The van der Waals surface area contributed by atoms with Crippen LogP contribution in [0, 0.1) is 20.2 Å². The van der Waals surface area contributed by atoms with Crippen LogP contribution in [-0.2, 0) is 0 Å². The number of nitrogens with zero attached hydrogens (tertiary/aromatic N) is 4. The first kappa shape index (κ1) is 19.2. The highest BCUT2D eigenvalue weighted by Crippen LogP contribution is 2.36. The lowest BCUT2D eigenvalue weighted by Gasteiger charge is -2.11. The minimum absolute atomic E-state index is 0.0144. The van der Waals surface area contributed by atoms with Crippen LogP contribution in [0.1, 0.15) is 0 Å². The van der Waals surface area contributed by atoms with Crippen molar-refractivity contribution in [1.82, 2.24) is 9.55 Å². The third-order valence-corrected chi connectivity index (χ3v) is 5.15. The highest BCUT2D eigenvalue weighted by atomic mass is 16.6. The molecule has 0 radical (unpaired) electrons. The van der Waals surface area contributed by atoms with Gasteiger partial charge in [0.2, 0.25) is 0 Å². The molecule has 0 saturated heterocycles. The van der Waals surface area contributed by atoms with Gasteiger partial charge in [-0.2, -0.15) is 0 Å². The van der Waals surface area contributed by atoms with Crippen LogP contribution in [0.5, 0.6) is 11.5 Å². The summed E-state index contributed by atoms with van der Waals surface area (Å²) in [5, 5.41) is 23.5. The summed E-state index contributed by atoms with van der Waals surface area (Å²) in [6.45, 7) is 0. The van der Waals surface area contributed by atoms with Crippen LogP contribution >= 0.6 is 0 Å². The smallest absolute Gasteiger partial charge is 0.269 e. The van der Waals surface area contributed by atoms with E-state index in [1.165, 1.54) is 24.3 Å². The van der Waals surface area contributed by atoms with Crippen LogP contribution in [0.2, 0.25) is 0 Å². The van der Waals surface area contributed by atoms with Crippen molar-refractivity contribution in [2.75, 3.05) is 0 Å². The Labute approximate surface area is 180 Å². The molecule has 5 rings (SSSR count). The fourth-order valence-corrected chi connectivity index (χ4v) is 3.65. The van der Waals surface area contributed by atoms with Crippen molar-refractivity contribution in [2.24, 2.45) is 0 Å². The number of non-ortho nitro benzene ring substituents is 2. The summed E-state index contributed by atoms with van der Waals surface area (Å²) in [5.74, 6) is 1.03. The molecular weight excluding hydrogens is 412 g/mol. The maximum atomic E-state index is 10.9. The molecule has 2 aromatic heterocycles. The molecule has 2 heterocycles. The Morgan fingerprint density at radius 2 is 1.44 bits per heavy atom. The molecule has 5 aromatic rings. The van der Waals surface area contributed by atoms with E-state index in [0.717, 1.165) is 27.5 Å². The number of fused-ring (bicyclic) bond motifs is 3. The SMILES string of the molecule is O=[N+]([O-])c1ccc(Oc2ccnc3ccc4c(ccn4-c4ccc([N+](=O)[O-])cc4)c23)cc1. The molecule has 32 heavy (non-hydrogen) atoms. The minimum atomic E-state index is -0.462. The van der Waals surface area contributed by atoms with E-state index < -0.39 is 9.85 Å². The summed E-state index contributed by atoms with van der Waals surface area (Å²) in [4.78, 5) is 25.4. The average Bonchev–Trinajstić information content (AvgIpc) is 3.24. The van der Waals surface area contributed by atoms with Gasteiger partial charge < -0.3 is 9.30 Å². The van der Waals surface area contributed by atoms with Crippen LogP contribution in [0.3, 0.4) is 0 Å². The van der Waals surface area contributed by atoms with E-state index in [-0.39, 0.29) is 11.4 Å². The van der Waals surface area contributed by atoms with Crippen molar-refractivity contribution >= 4 is 33.2 Å². The first-order chi connectivity index (χ1) is 15.5. The fourth-order valence-electron chi connectivity index (χ4n) is 3.65. The maximum absolute atomic E-state index is 10.9. The van der Waals surface area contributed by atoms with Gasteiger partial charge in [0.05, 0.1) is 26.3 Å². The van der Waals surface area contributed by atoms with Gasteiger partial charge in [0.1, 0.15) is 11.5 Å². The molecule has 0 aliphatic carbocycles. The molecule has 0 aliphatic heterocycles. The van der Waals surface area contributed by atoms with Crippen LogP contribution < -0.4 is 4.74 Å². The van der Waals surface area contributed by atoms with Crippen molar-refractivity contribution < 1.29 is 14.6 Å². The van der Waals surface area contributed by atoms with Gasteiger partial charge >= 0.3 is 0 Å². The summed E-state index contributed by atoms with van der Waals surface area (Å²) in [7, 11) is 0. The Balaban J connectivity index is 1.60. The van der Waals surface area contributed by atoms with Gasteiger partial charge in [0.15, 0.2) is 0 Å². The lowest BCUT2D eigenvalue weighted by atomic mass is 10.1. The van der Waals surface area contributed by atoms with Crippen LogP contribution in [0.15, 0.2) is 85.2 Å². The quantitative estimate of drug-likeness (QED) is 0.260. The number of ether oxygens (including phenoxy) is 1. The second-order valence-electron chi connectivity index (χ2n) is 7.01. The molecule has 156 valence electrons. The van der Waals surface area contributed by atoms with E-state index in [4.69, 9.17) is 4.74 Å². The summed E-state index contributed by atoms with van der Waals surface area (Å²) >= 11 is 0. The topological polar surface area (TPSA) is 113 Å². The molecule has 9 heteroatoms. The van der Waals surface area contributed by atoms with Gasteiger partial charge in [-0.3, -0.25) is 25.2 Å². The first-order valence-corrected chi connectivity index (χ1v) is 9.57. The highest BCUT2D eigenvalue weighted by Gasteiger charge is 2.14. The molecule has 0 unspecified atom stereocenters. The standard InChI is InChI=1S/C23H14N4O5/c28-26(29)16-3-1-15(2-4-16)25-14-12-19-21(25)10-9-20-23(19)22(11-13-24-20)32-18-7-5-17(6-8-18)27(30)31/h1-14H. The second-order valence-corrected chi connectivity index (χ2v) is 7.01. The van der Waals surface area contributed by atoms with E-state index in [2.05, 4.69) is 4.98 Å². The molecule has 0 atom stereocenters. The number of rotatable bonds is 5. The van der Waals surface area contributed by atoms with E-state index in [1.54, 1.807) is 36.5 Å². The molecule has 3 aromatic carbocycles. The molecule has 0 bridgehead atoms. The number of nitro groups is 2. The molecular formula is C23H14N4O5. The van der Waals surface area contributed by atoms with Gasteiger partial charge in [0.25, 0.3) is 11.4 Å². The van der Waals surface area contributed by atoms with Crippen molar-refractivity contribution in [1.29, 1.82) is 0 Å². The van der Waals surface area contributed by atoms with E-state index in [9.17, 15) is 20.2 Å². The molecule has 0 fully saturated rings. The second kappa shape index (κ2) is 7.47. The largest absolute Gasteiger partial charge is 0.457 e. The number of hydrogen-bond acceptors (Lipinski definition) is 6. The highest BCUT2D eigenvalue weighted by molar-refractivity contribution is 6.09. The monoisotopic (exact) mass is 426 g/mol. The molecule has 9 nitrogen and oxygen atoms in total. The van der Waals surface area contributed by atoms with Gasteiger partial charge in [-0.05, 0) is 48.5 Å². The Morgan fingerprint density at radius 1 is 0.781 bits per heavy atom. The third-order valence-electron chi connectivity index (χ3n) is 5.15. The van der Waals surface area contributed by atoms with Crippen LogP contribution in [0.25, 0.3) is 27.5 Å². The van der Waals surface area contributed by atoms with E-state index in [1.807, 2.05) is 29.0 Å². The van der Waals surface area contributed by atoms with E-state index >= 15 is 0 Å². The molecule has 0 saturated carbocycles. The Morgan fingerprint density at radius 3 is 2.09 bits per heavy atom. The number of hydrogen-bond donors (Lipinski definition) is 0. The van der Waals surface area contributed by atoms with Crippen LogP contribution in [0.4, 0.5) is 11.4 Å². The zero-order valence-corrected chi connectivity index (χ0v) is 16.4. The fraction of sp³-hybridized carbons (Fsp3) is 0. The molecule has 0 spiro atoms. The molecule has 0 N–H and O–H groups in total. The Kier molecular flexibility index (Phi) is 4.48. The number of pyridine rings is 1. The first-order valence-electron chi connectivity index (χ1n) is 9.57. The van der Waals surface area contributed by atoms with Gasteiger partial charge in [-0.25, -0.2) is 0 Å². The van der Waals surface area contributed by atoms with Gasteiger partial charge in [-0.1, -0.05) is 0 Å². The van der Waals surface area contributed by atoms with Crippen molar-refractivity contribution in [3.8, 4) is 17.2 Å². The van der Waals surface area contributed by atoms with Crippen molar-refractivity contribution in [3.05, 3.63) is 105 Å². The maximum Gasteiger partial charge on any atom is 0.269 e. The average molecular weight is 426 g/mol. The summed E-state index contributed by atoms with van der Waals surface area (Å²) in [6, 6.07) is 19.7. The van der Waals surface area contributed by atoms with Crippen molar-refractivity contribution in [3.63, 3.8) is 0 Å². The normalized spacial score (nSPS) is 11.0.